The molecule has 0 saturated heterocycles. The summed E-state index contributed by atoms with van der Waals surface area (Å²) in [5.74, 6) is -0.126. The van der Waals surface area contributed by atoms with Crippen molar-refractivity contribution in [1.82, 2.24) is 15.1 Å². The molecule has 0 aliphatic heterocycles. The van der Waals surface area contributed by atoms with E-state index in [-0.39, 0.29) is 24.3 Å². The molecule has 0 spiro atoms. The highest BCUT2D eigenvalue weighted by molar-refractivity contribution is 6.06. The Morgan fingerprint density at radius 3 is 2.38 bits per heavy atom. The Labute approximate surface area is 216 Å². The lowest BCUT2D eigenvalue weighted by atomic mass is 9.84. The molecule has 37 heavy (non-hydrogen) atoms. The Balaban J connectivity index is 1.36. The fraction of sp³-hybridized carbons (Fsp3) is 0.300. The third-order valence-corrected chi connectivity index (χ3v) is 7.23. The van der Waals surface area contributed by atoms with Gasteiger partial charge in [0, 0.05) is 17.8 Å². The lowest BCUT2D eigenvalue weighted by Crippen LogP contribution is -2.38. The van der Waals surface area contributed by atoms with Gasteiger partial charge in [0.25, 0.3) is 5.91 Å². The Hall–Kier alpha value is -4.13. The first kappa shape index (κ1) is 24.6. The van der Waals surface area contributed by atoms with Gasteiger partial charge in [-0.25, -0.2) is 0 Å². The van der Waals surface area contributed by atoms with Gasteiger partial charge in [0.1, 0.15) is 5.75 Å². The van der Waals surface area contributed by atoms with Gasteiger partial charge in [0.2, 0.25) is 0 Å². The van der Waals surface area contributed by atoms with Crippen molar-refractivity contribution in [1.29, 1.82) is 0 Å². The summed E-state index contributed by atoms with van der Waals surface area (Å²) < 4.78 is 7.33. The summed E-state index contributed by atoms with van der Waals surface area (Å²) in [6.07, 6.45) is 5.14. The van der Waals surface area contributed by atoms with E-state index in [0.29, 0.717) is 17.9 Å². The Bertz CT molecular complexity index is 1390. The lowest BCUT2D eigenvalue weighted by molar-refractivity contribution is -0.138. The summed E-state index contributed by atoms with van der Waals surface area (Å²) in [4.78, 5) is 24.5. The molecule has 0 atom stereocenters. The highest BCUT2D eigenvalue weighted by atomic mass is 16.5. The number of benzene rings is 3. The van der Waals surface area contributed by atoms with Crippen LogP contribution in [0.3, 0.4) is 0 Å². The first-order chi connectivity index (χ1) is 18.0. The smallest absolute Gasteiger partial charge is 0.303 e. The van der Waals surface area contributed by atoms with Crippen LogP contribution in [0.5, 0.6) is 5.75 Å². The molecule has 3 aromatic carbocycles. The molecule has 0 bridgehead atoms. The zero-order chi connectivity index (χ0) is 25.8. The van der Waals surface area contributed by atoms with Gasteiger partial charge in [-0.2, -0.15) is 5.10 Å². The van der Waals surface area contributed by atoms with E-state index in [0.717, 1.165) is 47.7 Å². The molecule has 1 aliphatic carbocycles. The summed E-state index contributed by atoms with van der Waals surface area (Å²) in [6, 6.07) is 22.3. The molecular formula is C30H31N3O4. The first-order valence-corrected chi connectivity index (χ1v) is 12.7. The maximum atomic E-state index is 13.5. The summed E-state index contributed by atoms with van der Waals surface area (Å²) in [5.41, 5.74) is 4.70. The summed E-state index contributed by atoms with van der Waals surface area (Å²) in [5, 5.41) is 17.7. The topological polar surface area (TPSA) is 93.4 Å². The number of rotatable bonds is 8. The van der Waals surface area contributed by atoms with E-state index in [1.807, 2.05) is 28.9 Å². The van der Waals surface area contributed by atoms with Crippen molar-refractivity contribution in [2.45, 2.75) is 44.7 Å². The molecule has 1 heterocycles. The summed E-state index contributed by atoms with van der Waals surface area (Å²) in [6.45, 7) is 0.533. The largest absolute Gasteiger partial charge is 0.497 e. The standard InChI is InChI=1S/C30H31N3O4/c1-37-26-16-24-18-31-33(19-21-7-11-23(12-8-21)22-5-3-2-4-6-22)29(24)27(17-26)30(36)32-25-13-9-20(10-14-25)15-28(34)35/h2-8,11-12,16-18,20,25H,9-10,13-15,19H2,1H3,(H,32,36)(H,34,35)/t20-,25-. The minimum absolute atomic E-state index is 0.0284. The highest BCUT2D eigenvalue weighted by Crippen LogP contribution is 2.29. The predicted octanol–water partition coefficient (Wildman–Crippen LogP) is 5.52. The van der Waals surface area contributed by atoms with Crippen LogP contribution in [0, 0.1) is 5.92 Å². The van der Waals surface area contributed by atoms with E-state index >= 15 is 0 Å². The van der Waals surface area contributed by atoms with Crippen LogP contribution in [0.25, 0.3) is 22.0 Å². The number of amides is 1. The Kier molecular flexibility index (Phi) is 7.21. The number of aromatic nitrogens is 2. The molecular weight excluding hydrogens is 466 g/mol. The van der Waals surface area contributed by atoms with Crippen LogP contribution in [-0.4, -0.2) is 39.9 Å². The van der Waals surface area contributed by atoms with Gasteiger partial charge >= 0.3 is 5.97 Å². The summed E-state index contributed by atoms with van der Waals surface area (Å²) >= 11 is 0. The lowest BCUT2D eigenvalue weighted by Gasteiger charge is -2.28. The molecule has 0 unspecified atom stereocenters. The number of fused-ring (bicyclic) bond motifs is 1. The molecule has 0 radical (unpaired) electrons. The predicted molar refractivity (Wildman–Crippen MR) is 143 cm³/mol. The van der Waals surface area contributed by atoms with Gasteiger partial charge in [-0.1, -0.05) is 54.6 Å². The number of nitrogens with zero attached hydrogens (tertiary/aromatic N) is 2. The second-order valence-corrected chi connectivity index (χ2v) is 9.77. The van der Waals surface area contributed by atoms with Crippen LogP contribution in [0.4, 0.5) is 0 Å². The van der Waals surface area contributed by atoms with E-state index in [2.05, 4.69) is 46.8 Å². The fourth-order valence-electron chi connectivity index (χ4n) is 5.24. The van der Waals surface area contributed by atoms with Crippen molar-refractivity contribution < 1.29 is 19.4 Å². The van der Waals surface area contributed by atoms with Gasteiger partial charge < -0.3 is 15.2 Å². The van der Waals surface area contributed by atoms with Crippen LogP contribution in [0.1, 0.15) is 48.0 Å². The molecule has 5 rings (SSSR count). The maximum Gasteiger partial charge on any atom is 0.303 e. The Morgan fingerprint density at radius 1 is 1.00 bits per heavy atom. The van der Waals surface area contributed by atoms with E-state index in [1.54, 1.807) is 19.4 Å². The number of ether oxygens (including phenoxy) is 1. The molecule has 1 aliphatic rings. The number of carboxylic acid groups (broad SMARTS) is 1. The van der Waals surface area contributed by atoms with E-state index in [4.69, 9.17) is 9.84 Å². The number of hydrogen-bond acceptors (Lipinski definition) is 4. The maximum absolute atomic E-state index is 13.5. The molecule has 1 aromatic heterocycles. The summed E-state index contributed by atoms with van der Waals surface area (Å²) in [7, 11) is 1.59. The normalized spacial score (nSPS) is 17.4. The third-order valence-electron chi connectivity index (χ3n) is 7.23. The van der Waals surface area contributed by atoms with Gasteiger partial charge in [0.15, 0.2) is 0 Å². The van der Waals surface area contributed by atoms with Gasteiger partial charge in [-0.05, 0) is 60.4 Å². The molecule has 4 aromatic rings. The number of carbonyl (C=O) groups excluding carboxylic acids is 1. The second-order valence-electron chi connectivity index (χ2n) is 9.77. The van der Waals surface area contributed by atoms with Crippen molar-refractivity contribution in [2.24, 2.45) is 5.92 Å². The first-order valence-electron chi connectivity index (χ1n) is 12.7. The van der Waals surface area contributed by atoms with E-state index < -0.39 is 5.97 Å². The number of methoxy groups -OCH3 is 1. The van der Waals surface area contributed by atoms with Crippen molar-refractivity contribution in [3.63, 3.8) is 0 Å². The molecule has 1 fully saturated rings. The number of nitrogens with one attached hydrogen (secondary N) is 1. The van der Waals surface area contributed by atoms with Gasteiger partial charge in [-0.3, -0.25) is 14.3 Å². The molecule has 7 heteroatoms. The average molecular weight is 498 g/mol. The molecule has 1 amide bonds. The second kappa shape index (κ2) is 10.9. The van der Waals surface area contributed by atoms with Crippen LogP contribution in [0.2, 0.25) is 0 Å². The monoisotopic (exact) mass is 497 g/mol. The third kappa shape index (κ3) is 5.66. The molecule has 7 nitrogen and oxygen atoms in total. The fourth-order valence-corrected chi connectivity index (χ4v) is 5.24. The SMILES string of the molecule is COc1cc(C(=O)N[C@H]2CC[C@H](CC(=O)O)CC2)c2c(cnn2Cc2ccc(-c3ccccc3)cc2)c1. The van der Waals surface area contributed by atoms with Crippen molar-refractivity contribution in [2.75, 3.05) is 7.11 Å². The van der Waals surface area contributed by atoms with Crippen molar-refractivity contribution in [3.05, 3.63) is 84.1 Å². The van der Waals surface area contributed by atoms with Crippen LogP contribution >= 0.6 is 0 Å². The van der Waals surface area contributed by atoms with E-state index in [1.165, 1.54) is 5.56 Å². The van der Waals surface area contributed by atoms with E-state index in [9.17, 15) is 9.59 Å². The molecule has 1 saturated carbocycles. The minimum atomic E-state index is -0.755. The number of carbonyl (C=O) groups is 2. The Morgan fingerprint density at radius 2 is 1.70 bits per heavy atom. The molecule has 190 valence electrons. The highest BCUT2D eigenvalue weighted by Gasteiger charge is 2.26. The van der Waals surface area contributed by atoms with Crippen molar-refractivity contribution >= 4 is 22.8 Å². The number of hydrogen-bond donors (Lipinski definition) is 2. The minimum Gasteiger partial charge on any atom is -0.497 e. The van der Waals surface area contributed by atoms with Gasteiger partial charge in [-0.15, -0.1) is 0 Å². The average Bonchev–Trinajstić information content (AvgIpc) is 3.32. The van der Waals surface area contributed by atoms with Gasteiger partial charge in [0.05, 0.1) is 30.9 Å². The zero-order valence-corrected chi connectivity index (χ0v) is 20.9. The quantitative estimate of drug-likeness (QED) is 0.334. The van der Waals surface area contributed by atoms with Crippen LogP contribution < -0.4 is 10.1 Å². The number of aliphatic carboxylic acids is 1. The zero-order valence-electron chi connectivity index (χ0n) is 20.9. The van der Waals surface area contributed by atoms with Crippen molar-refractivity contribution in [3.8, 4) is 16.9 Å². The van der Waals surface area contributed by atoms with Crippen LogP contribution in [-0.2, 0) is 11.3 Å². The molecule has 2 N–H and O–H groups in total. The number of carboxylic acids is 1. The van der Waals surface area contributed by atoms with Crippen LogP contribution in [0.15, 0.2) is 72.9 Å².